The van der Waals surface area contributed by atoms with Gasteiger partial charge in [-0.25, -0.2) is 0 Å². The van der Waals surface area contributed by atoms with E-state index in [9.17, 15) is 4.79 Å². The Bertz CT molecular complexity index is 669. The monoisotopic (exact) mass is 327 g/mol. The number of para-hydroxylation sites is 2. The Morgan fingerprint density at radius 3 is 2.17 bits per heavy atom. The van der Waals surface area contributed by atoms with Crippen LogP contribution in [0.2, 0.25) is 0 Å². The summed E-state index contributed by atoms with van der Waals surface area (Å²) in [5, 5.41) is 2.87. The highest BCUT2D eigenvalue weighted by Crippen LogP contribution is 2.19. The maximum atomic E-state index is 12.3. The SMILES string of the molecule is CC[C@H](Oc1ccccc1C)C(=O)NCCOc1ccccc1C. The number of ether oxygens (including phenoxy) is 2. The topological polar surface area (TPSA) is 47.6 Å². The zero-order valence-electron chi connectivity index (χ0n) is 14.5. The standard InChI is InChI=1S/C20H25NO3/c1-4-17(24-19-12-8-6-10-16(19)3)20(22)21-13-14-23-18-11-7-5-9-15(18)2/h5-12,17H,4,13-14H2,1-3H3,(H,21,22)/t17-/m0/s1. The van der Waals surface area contributed by atoms with E-state index in [4.69, 9.17) is 9.47 Å². The molecule has 2 aromatic carbocycles. The molecule has 0 heterocycles. The second-order valence-electron chi connectivity index (χ2n) is 5.69. The van der Waals surface area contributed by atoms with Gasteiger partial charge < -0.3 is 14.8 Å². The van der Waals surface area contributed by atoms with Crippen molar-refractivity contribution in [1.82, 2.24) is 5.32 Å². The smallest absolute Gasteiger partial charge is 0.261 e. The first-order chi connectivity index (χ1) is 11.6. The third kappa shape index (κ3) is 5.01. The van der Waals surface area contributed by atoms with Crippen LogP contribution in [-0.2, 0) is 4.79 Å². The van der Waals surface area contributed by atoms with Crippen molar-refractivity contribution in [2.75, 3.05) is 13.2 Å². The molecule has 4 nitrogen and oxygen atoms in total. The van der Waals surface area contributed by atoms with Gasteiger partial charge in [0.1, 0.15) is 18.1 Å². The second kappa shape index (κ2) is 8.96. The van der Waals surface area contributed by atoms with Gasteiger partial charge in [0.2, 0.25) is 0 Å². The highest BCUT2D eigenvalue weighted by Gasteiger charge is 2.18. The summed E-state index contributed by atoms with van der Waals surface area (Å²) in [5.41, 5.74) is 2.10. The summed E-state index contributed by atoms with van der Waals surface area (Å²) in [6, 6.07) is 15.5. The maximum absolute atomic E-state index is 12.3. The number of nitrogens with one attached hydrogen (secondary N) is 1. The van der Waals surface area contributed by atoms with Gasteiger partial charge in [-0.1, -0.05) is 43.3 Å². The predicted octanol–water partition coefficient (Wildman–Crippen LogP) is 3.66. The van der Waals surface area contributed by atoms with Gasteiger partial charge in [-0.3, -0.25) is 4.79 Å². The van der Waals surface area contributed by atoms with Crippen molar-refractivity contribution in [3.63, 3.8) is 0 Å². The molecule has 1 atom stereocenters. The molecule has 0 saturated carbocycles. The number of carbonyl (C=O) groups excluding carboxylic acids is 1. The van der Waals surface area contributed by atoms with Gasteiger partial charge >= 0.3 is 0 Å². The number of carbonyl (C=O) groups is 1. The lowest BCUT2D eigenvalue weighted by atomic mass is 10.2. The molecule has 1 N–H and O–H groups in total. The van der Waals surface area contributed by atoms with Crippen LogP contribution in [0.15, 0.2) is 48.5 Å². The van der Waals surface area contributed by atoms with E-state index in [0.717, 1.165) is 22.6 Å². The fourth-order valence-corrected chi connectivity index (χ4v) is 2.33. The summed E-state index contributed by atoms with van der Waals surface area (Å²) in [5.74, 6) is 1.47. The quantitative estimate of drug-likeness (QED) is 0.753. The normalized spacial score (nSPS) is 11.6. The molecule has 0 unspecified atom stereocenters. The molecule has 0 aromatic heterocycles. The zero-order chi connectivity index (χ0) is 17.4. The molecule has 0 radical (unpaired) electrons. The Balaban J connectivity index is 1.80. The van der Waals surface area contributed by atoms with E-state index in [0.29, 0.717) is 19.6 Å². The highest BCUT2D eigenvalue weighted by atomic mass is 16.5. The van der Waals surface area contributed by atoms with E-state index < -0.39 is 6.10 Å². The number of rotatable bonds is 8. The van der Waals surface area contributed by atoms with Crippen LogP contribution >= 0.6 is 0 Å². The number of benzene rings is 2. The van der Waals surface area contributed by atoms with Gasteiger partial charge in [0, 0.05) is 0 Å². The molecule has 0 fully saturated rings. The lowest BCUT2D eigenvalue weighted by Crippen LogP contribution is -2.39. The van der Waals surface area contributed by atoms with Gasteiger partial charge in [-0.05, 0) is 43.5 Å². The van der Waals surface area contributed by atoms with Crippen molar-refractivity contribution in [1.29, 1.82) is 0 Å². The van der Waals surface area contributed by atoms with Gasteiger partial charge in [-0.2, -0.15) is 0 Å². The van der Waals surface area contributed by atoms with Crippen LogP contribution in [0.4, 0.5) is 0 Å². The Hall–Kier alpha value is -2.49. The number of hydrogen-bond acceptors (Lipinski definition) is 3. The molecule has 2 aromatic rings. The molecule has 0 bridgehead atoms. The maximum Gasteiger partial charge on any atom is 0.261 e. The van der Waals surface area contributed by atoms with Crippen molar-refractivity contribution in [3.05, 3.63) is 59.7 Å². The summed E-state index contributed by atoms with van der Waals surface area (Å²) in [7, 11) is 0. The minimum atomic E-state index is -0.496. The third-order valence-electron chi connectivity index (χ3n) is 3.78. The molecule has 0 aliphatic carbocycles. The summed E-state index contributed by atoms with van der Waals surface area (Å²) in [4.78, 5) is 12.3. The largest absolute Gasteiger partial charge is 0.491 e. The second-order valence-corrected chi connectivity index (χ2v) is 5.69. The molecule has 128 valence electrons. The van der Waals surface area contributed by atoms with E-state index in [1.165, 1.54) is 0 Å². The lowest BCUT2D eigenvalue weighted by molar-refractivity contribution is -0.128. The van der Waals surface area contributed by atoms with Crippen LogP contribution in [0.5, 0.6) is 11.5 Å². The summed E-state index contributed by atoms with van der Waals surface area (Å²) < 4.78 is 11.5. The minimum Gasteiger partial charge on any atom is -0.491 e. The van der Waals surface area contributed by atoms with E-state index in [1.807, 2.05) is 69.3 Å². The van der Waals surface area contributed by atoms with Crippen molar-refractivity contribution in [3.8, 4) is 11.5 Å². The molecule has 1 amide bonds. The molecule has 0 aliphatic heterocycles. The lowest BCUT2D eigenvalue weighted by Gasteiger charge is -2.18. The molecular formula is C20H25NO3. The molecule has 4 heteroatoms. The Labute approximate surface area is 143 Å². The minimum absolute atomic E-state index is 0.117. The fraction of sp³-hybridized carbons (Fsp3) is 0.350. The van der Waals surface area contributed by atoms with Crippen molar-refractivity contribution < 1.29 is 14.3 Å². The molecule has 2 rings (SSSR count). The zero-order valence-corrected chi connectivity index (χ0v) is 14.5. The number of hydrogen-bond donors (Lipinski definition) is 1. The van der Waals surface area contributed by atoms with Gasteiger partial charge in [0.15, 0.2) is 6.10 Å². The van der Waals surface area contributed by atoms with Crippen LogP contribution in [0.1, 0.15) is 24.5 Å². The Morgan fingerprint density at radius 1 is 1.00 bits per heavy atom. The van der Waals surface area contributed by atoms with Crippen molar-refractivity contribution in [2.24, 2.45) is 0 Å². The molecule has 0 saturated heterocycles. The Kier molecular flexibility index (Phi) is 6.67. The first kappa shape index (κ1) is 17.9. The molecular weight excluding hydrogens is 302 g/mol. The molecule has 0 aliphatic rings. The van der Waals surface area contributed by atoms with Crippen molar-refractivity contribution in [2.45, 2.75) is 33.3 Å². The van der Waals surface area contributed by atoms with Gasteiger partial charge in [-0.15, -0.1) is 0 Å². The van der Waals surface area contributed by atoms with E-state index in [-0.39, 0.29) is 5.91 Å². The summed E-state index contributed by atoms with van der Waals surface area (Å²) >= 11 is 0. The third-order valence-corrected chi connectivity index (χ3v) is 3.78. The molecule has 24 heavy (non-hydrogen) atoms. The van der Waals surface area contributed by atoms with Gasteiger partial charge in [0.25, 0.3) is 5.91 Å². The molecule has 0 spiro atoms. The van der Waals surface area contributed by atoms with Crippen LogP contribution in [0.3, 0.4) is 0 Å². The number of amides is 1. The van der Waals surface area contributed by atoms with Gasteiger partial charge in [0.05, 0.1) is 6.54 Å². The van der Waals surface area contributed by atoms with E-state index in [2.05, 4.69) is 5.32 Å². The van der Waals surface area contributed by atoms with Crippen LogP contribution in [-0.4, -0.2) is 25.2 Å². The van der Waals surface area contributed by atoms with Crippen LogP contribution in [0, 0.1) is 13.8 Å². The average Bonchev–Trinajstić information content (AvgIpc) is 2.59. The first-order valence-electron chi connectivity index (χ1n) is 8.30. The van der Waals surface area contributed by atoms with Crippen LogP contribution in [0.25, 0.3) is 0 Å². The average molecular weight is 327 g/mol. The Morgan fingerprint density at radius 2 is 1.58 bits per heavy atom. The van der Waals surface area contributed by atoms with E-state index in [1.54, 1.807) is 0 Å². The highest BCUT2D eigenvalue weighted by molar-refractivity contribution is 5.81. The summed E-state index contributed by atoms with van der Waals surface area (Å²) in [6.45, 7) is 6.78. The fourth-order valence-electron chi connectivity index (χ4n) is 2.33. The number of aryl methyl sites for hydroxylation is 2. The summed E-state index contributed by atoms with van der Waals surface area (Å²) in [6.07, 6.45) is 0.114. The predicted molar refractivity (Wildman–Crippen MR) is 95.6 cm³/mol. The van der Waals surface area contributed by atoms with Crippen molar-refractivity contribution >= 4 is 5.91 Å². The first-order valence-corrected chi connectivity index (χ1v) is 8.30. The van der Waals surface area contributed by atoms with Crippen LogP contribution < -0.4 is 14.8 Å². The van der Waals surface area contributed by atoms with E-state index >= 15 is 0 Å².